The molecule has 0 heterocycles. The summed E-state index contributed by atoms with van der Waals surface area (Å²) >= 11 is 0. The van der Waals surface area contributed by atoms with E-state index in [0.717, 1.165) is 29.9 Å². The number of hydrogen-bond acceptors (Lipinski definition) is 3. The zero-order valence-electron chi connectivity index (χ0n) is 21.0. The second-order valence-corrected chi connectivity index (χ2v) is 11.4. The molecule has 1 rings (SSSR count). The van der Waals surface area contributed by atoms with Gasteiger partial charge in [-0.3, -0.25) is 4.79 Å². The lowest BCUT2D eigenvalue weighted by molar-refractivity contribution is -0.138. The number of carbonyl (C=O) groups is 1. The smallest absolute Gasteiger partial charge is 0.314 e. The summed E-state index contributed by atoms with van der Waals surface area (Å²) in [4.78, 5) is 12.7. The molecule has 0 spiro atoms. The minimum Gasteiger partial charge on any atom is -0.507 e. The van der Waals surface area contributed by atoms with E-state index in [1.807, 2.05) is 19.1 Å². The van der Waals surface area contributed by atoms with Crippen molar-refractivity contribution < 1.29 is 14.6 Å². The highest BCUT2D eigenvalue weighted by Crippen LogP contribution is 2.41. The van der Waals surface area contributed by atoms with Crippen molar-refractivity contribution in [3.63, 3.8) is 0 Å². The topological polar surface area (TPSA) is 46.5 Å². The van der Waals surface area contributed by atoms with Gasteiger partial charge in [0.1, 0.15) is 11.5 Å². The van der Waals surface area contributed by atoms with Crippen LogP contribution in [-0.2, 0) is 15.6 Å². The van der Waals surface area contributed by atoms with Gasteiger partial charge >= 0.3 is 5.97 Å². The second-order valence-electron chi connectivity index (χ2n) is 11.4. The molecule has 3 nitrogen and oxygen atoms in total. The summed E-state index contributed by atoms with van der Waals surface area (Å²) < 4.78 is 5.77. The van der Waals surface area contributed by atoms with E-state index in [1.54, 1.807) is 0 Å². The number of phenols is 1. The number of hydrogen-bond donors (Lipinski definition) is 1. The predicted octanol–water partition coefficient (Wildman–Crippen LogP) is 7.92. The summed E-state index contributed by atoms with van der Waals surface area (Å²) in [6, 6.07) is 3.65. The first-order chi connectivity index (χ1) is 13.7. The van der Waals surface area contributed by atoms with Crippen LogP contribution < -0.4 is 4.74 Å². The third kappa shape index (κ3) is 8.70. The molecule has 172 valence electrons. The first-order valence-corrected chi connectivity index (χ1v) is 11.8. The number of ether oxygens (including phenoxy) is 1. The average Bonchev–Trinajstić information content (AvgIpc) is 2.59. The van der Waals surface area contributed by atoms with Crippen LogP contribution in [0.4, 0.5) is 0 Å². The molecule has 0 radical (unpaired) electrons. The van der Waals surface area contributed by atoms with Gasteiger partial charge in [-0.25, -0.2) is 0 Å². The van der Waals surface area contributed by atoms with Crippen LogP contribution in [0, 0.1) is 11.8 Å². The Morgan fingerprint density at radius 3 is 1.70 bits per heavy atom. The normalized spacial score (nSPS) is 13.5. The monoisotopic (exact) mass is 418 g/mol. The van der Waals surface area contributed by atoms with E-state index in [1.165, 1.54) is 32.1 Å². The van der Waals surface area contributed by atoms with Crippen LogP contribution in [0.2, 0.25) is 0 Å². The summed E-state index contributed by atoms with van der Waals surface area (Å²) in [7, 11) is 0. The van der Waals surface area contributed by atoms with Crippen molar-refractivity contribution in [2.75, 3.05) is 0 Å². The van der Waals surface area contributed by atoms with E-state index < -0.39 is 0 Å². The molecule has 1 aromatic rings. The molecule has 0 saturated heterocycles. The van der Waals surface area contributed by atoms with E-state index in [4.69, 9.17) is 4.74 Å². The minimum absolute atomic E-state index is 0.120. The summed E-state index contributed by atoms with van der Waals surface area (Å²) in [6.45, 7) is 18.9. The highest BCUT2D eigenvalue weighted by Gasteiger charge is 2.28. The van der Waals surface area contributed by atoms with Crippen molar-refractivity contribution in [2.24, 2.45) is 11.8 Å². The van der Waals surface area contributed by atoms with Crippen LogP contribution in [0.3, 0.4) is 0 Å². The highest BCUT2D eigenvalue weighted by molar-refractivity contribution is 5.75. The number of benzene rings is 1. The molecule has 0 amide bonds. The molecular weight excluding hydrogens is 372 g/mol. The molecule has 0 fully saturated rings. The van der Waals surface area contributed by atoms with Crippen LogP contribution in [0.5, 0.6) is 11.5 Å². The second kappa shape index (κ2) is 11.2. The van der Waals surface area contributed by atoms with Crippen molar-refractivity contribution in [1.29, 1.82) is 0 Å². The fourth-order valence-electron chi connectivity index (χ4n) is 3.68. The van der Waals surface area contributed by atoms with Crippen LogP contribution in [0.25, 0.3) is 0 Å². The Labute approximate surface area is 185 Å². The zero-order valence-corrected chi connectivity index (χ0v) is 21.0. The molecular formula is C27H46O3. The van der Waals surface area contributed by atoms with Crippen LogP contribution in [0.1, 0.15) is 118 Å². The Kier molecular flexibility index (Phi) is 9.91. The quantitative estimate of drug-likeness (QED) is 0.238. The van der Waals surface area contributed by atoms with Gasteiger partial charge in [0.25, 0.3) is 0 Å². The maximum Gasteiger partial charge on any atom is 0.314 e. The summed E-state index contributed by atoms with van der Waals surface area (Å²) in [5, 5.41) is 10.8. The molecule has 0 bridgehead atoms. The van der Waals surface area contributed by atoms with E-state index in [2.05, 4.69) is 55.4 Å². The zero-order chi connectivity index (χ0) is 23.1. The lowest BCUT2D eigenvalue weighted by atomic mass is 9.79. The molecule has 0 aromatic heterocycles. The molecule has 1 atom stereocenters. The standard InChI is InChI=1S/C27H46O3/c1-19(2)15-13-11-10-12-14-16-20(3)25(29)30-21-17-22(26(4,5)6)24(28)23(18-21)27(7,8)9/h17-20,28H,10-16H2,1-9H3. The van der Waals surface area contributed by atoms with Crippen molar-refractivity contribution in [3.05, 3.63) is 23.3 Å². The van der Waals surface area contributed by atoms with E-state index in [9.17, 15) is 9.90 Å². The third-order valence-electron chi connectivity index (χ3n) is 5.74. The highest BCUT2D eigenvalue weighted by atomic mass is 16.5. The van der Waals surface area contributed by atoms with Gasteiger partial charge in [0.15, 0.2) is 0 Å². The number of unbranched alkanes of at least 4 members (excludes halogenated alkanes) is 4. The predicted molar refractivity (Wildman–Crippen MR) is 127 cm³/mol. The molecule has 0 aliphatic carbocycles. The average molecular weight is 419 g/mol. The number of phenolic OH excluding ortho intramolecular Hbond substituents is 1. The maximum absolute atomic E-state index is 12.7. The van der Waals surface area contributed by atoms with Gasteiger partial charge in [-0.1, -0.05) is 101 Å². The number of rotatable bonds is 10. The van der Waals surface area contributed by atoms with Crippen LogP contribution in [0.15, 0.2) is 12.1 Å². The molecule has 30 heavy (non-hydrogen) atoms. The van der Waals surface area contributed by atoms with E-state index >= 15 is 0 Å². The van der Waals surface area contributed by atoms with Gasteiger partial charge in [-0.2, -0.15) is 0 Å². The maximum atomic E-state index is 12.7. The van der Waals surface area contributed by atoms with Gasteiger partial charge in [0.2, 0.25) is 0 Å². The van der Waals surface area contributed by atoms with Gasteiger partial charge in [0, 0.05) is 11.1 Å². The Morgan fingerprint density at radius 1 is 0.833 bits per heavy atom. The first kappa shape index (κ1) is 26.5. The molecule has 3 heteroatoms. The lowest BCUT2D eigenvalue weighted by Crippen LogP contribution is -2.20. The van der Waals surface area contributed by atoms with Crippen molar-refractivity contribution >= 4 is 5.97 Å². The van der Waals surface area contributed by atoms with Gasteiger partial charge in [0.05, 0.1) is 5.92 Å². The molecule has 0 aliphatic heterocycles. The summed E-state index contributed by atoms with van der Waals surface area (Å²) in [6.07, 6.45) is 8.25. The largest absolute Gasteiger partial charge is 0.507 e. The van der Waals surface area contributed by atoms with Crippen LogP contribution in [-0.4, -0.2) is 11.1 Å². The number of esters is 1. The van der Waals surface area contributed by atoms with Gasteiger partial charge in [-0.15, -0.1) is 0 Å². The first-order valence-electron chi connectivity index (χ1n) is 11.8. The summed E-state index contributed by atoms with van der Waals surface area (Å²) in [5.74, 6) is 1.33. The Balaban J connectivity index is 2.72. The summed E-state index contributed by atoms with van der Waals surface area (Å²) in [5.41, 5.74) is 1.14. The van der Waals surface area contributed by atoms with Crippen molar-refractivity contribution in [2.45, 2.75) is 118 Å². The number of aromatic hydroxyl groups is 1. The van der Waals surface area contributed by atoms with Gasteiger partial charge in [-0.05, 0) is 35.3 Å². The number of carbonyl (C=O) groups excluding carboxylic acids is 1. The molecule has 0 saturated carbocycles. The van der Waals surface area contributed by atoms with Crippen LogP contribution >= 0.6 is 0 Å². The lowest BCUT2D eigenvalue weighted by Gasteiger charge is -2.28. The molecule has 1 unspecified atom stereocenters. The third-order valence-corrected chi connectivity index (χ3v) is 5.74. The SMILES string of the molecule is CC(C)CCCCCCCC(C)C(=O)Oc1cc(C(C)(C)C)c(O)c(C(C)(C)C)c1. The Bertz CT molecular complexity index is 639. The van der Waals surface area contributed by atoms with Gasteiger partial charge < -0.3 is 9.84 Å². The Morgan fingerprint density at radius 2 is 1.27 bits per heavy atom. The minimum atomic E-state index is -0.242. The van der Waals surface area contributed by atoms with Crippen molar-refractivity contribution in [3.8, 4) is 11.5 Å². The van der Waals surface area contributed by atoms with Crippen molar-refractivity contribution in [1.82, 2.24) is 0 Å². The Hall–Kier alpha value is -1.51. The molecule has 0 aliphatic rings. The van der Waals surface area contributed by atoms with E-state index in [-0.39, 0.29) is 22.7 Å². The molecule has 1 N–H and O–H groups in total. The fraction of sp³-hybridized carbons (Fsp3) is 0.741. The van der Waals surface area contributed by atoms with E-state index in [0.29, 0.717) is 11.5 Å². The fourth-order valence-corrected chi connectivity index (χ4v) is 3.68. The molecule has 1 aromatic carbocycles.